The number of rotatable bonds is 6. The lowest BCUT2D eigenvalue weighted by Crippen LogP contribution is -2.39. The number of nitrogen functional groups attached to an aromatic ring is 1. The van der Waals surface area contributed by atoms with E-state index in [2.05, 4.69) is 10.2 Å². The van der Waals surface area contributed by atoms with E-state index in [1.54, 1.807) is 18.2 Å². The molecule has 1 aromatic carbocycles. The number of hydrogen-bond donors (Lipinski definition) is 2. The third-order valence-electron chi connectivity index (χ3n) is 3.32. The second-order valence-electron chi connectivity index (χ2n) is 4.93. The second-order valence-corrected chi connectivity index (χ2v) is 6.16. The largest absolute Gasteiger partial charge is 0.494 e. The molecule has 1 aliphatic rings. The SMILES string of the molecule is CCOc1cc(N)cc(C(=O)NCCN2CCSCC2)c1. The molecule has 1 aromatic rings. The molecule has 0 radical (unpaired) electrons. The van der Waals surface area contributed by atoms with Crippen molar-refractivity contribution in [2.45, 2.75) is 6.92 Å². The number of benzene rings is 1. The normalized spacial score (nSPS) is 15.7. The van der Waals surface area contributed by atoms with Crippen LogP contribution in [0.15, 0.2) is 18.2 Å². The van der Waals surface area contributed by atoms with Gasteiger partial charge < -0.3 is 15.8 Å². The van der Waals surface area contributed by atoms with Crippen LogP contribution in [0.5, 0.6) is 5.75 Å². The highest BCUT2D eigenvalue weighted by Gasteiger charge is 2.12. The van der Waals surface area contributed by atoms with Crippen molar-refractivity contribution < 1.29 is 9.53 Å². The summed E-state index contributed by atoms with van der Waals surface area (Å²) in [6.45, 7) is 6.22. The standard InChI is InChI=1S/C15H23N3O2S/c1-2-20-14-10-12(9-13(16)11-14)15(19)17-3-4-18-5-7-21-8-6-18/h9-11H,2-8,16H2,1H3,(H,17,19). The van der Waals surface area contributed by atoms with Crippen LogP contribution >= 0.6 is 11.8 Å². The monoisotopic (exact) mass is 309 g/mol. The number of anilines is 1. The van der Waals surface area contributed by atoms with E-state index in [9.17, 15) is 4.79 Å². The number of amides is 1. The van der Waals surface area contributed by atoms with Crippen molar-refractivity contribution in [3.63, 3.8) is 0 Å². The summed E-state index contributed by atoms with van der Waals surface area (Å²) < 4.78 is 5.41. The Hall–Kier alpha value is -1.40. The van der Waals surface area contributed by atoms with Gasteiger partial charge in [-0.1, -0.05) is 0 Å². The number of ether oxygens (including phenoxy) is 1. The van der Waals surface area contributed by atoms with Crippen molar-refractivity contribution in [3.8, 4) is 5.75 Å². The molecule has 1 amide bonds. The molecule has 116 valence electrons. The third kappa shape index (κ3) is 5.13. The minimum absolute atomic E-state index is 0.102. The molecule has 1 saturated heterocycles. The maximum Gasteiger partial charge on any atom is 0.251 e. The number of thioether (sulfide) groups is 1. The average Bonchev–Trinajstić information content (AvgIpc) is 2.48. The van der Waals surface area contributed by atoms with Crippen LogP contribution in [0.1, 0.15) is 17.3 Å². The van der Waals surface area contributed by atoms with Gasteiger partial charge in [0.2, 0.25) is 0 Å². The molecule has 0 unspecified atom stereocenters. The predicted octanol–water partition coefficient (Wildman–Crippen LogP) is 1.45. The van der Waals surface area contributed by atoms with Gasteiger partial charge in [-0.05, 0) is 19.1 Å². The summed E-state index contributed by atoms with van der Waals surface area (Å²) in [5.41, 5.74) is 6.89. The van der Waals surface area contributed by atoms with Crippen LogP contribution in [0, 0.1) is 0 Å². The molecule has 0 bridgehead atoms. The van der Waals surface area contributed by atoms with Gasteiger partial charge in [-0.3, -0.25) is 9.69 Å². The van der Waals surface area contributed by atoms with Gasteiger partial charge >= 0.3 is 0 Å². The van der Waals surface area contributed by atoms with Crippen molar-refractivity contribution in [1.82, 2.24) is 10.2 Å². The van der Waals surface area contributed by atoms with Gasteiger partial charge in [-0.2, -0.15) is 11.8 Å². The molecule has 0 spiro atoms. The zero-order valence-electron chi connectivity index (χ0n) is 12.4. The smallest absolute Gasteiger partial charge is 0.251 e. The molecular weight excluding hydrogens is 286 g/mol. The molecule has 3 N–H and O–H groups in total. The summed E-state index contributed by atoms with van der Waals surface area (Å²) in [6, 6.07) is 5.13. The highest BCUT2D eigenvalue weighted by Crippen LogP contribution is 2.18. The van der Waals surface area contributed by atoms with Crippen LogP contribution < -0.4 is 15.8 Å². The van der Waals surface area contributed by atoms with Gasteiger partial charge in [0.15, 0.2) is 0 Å². The van der Waals surface area contributed by atoms with E-state index < -0.39 is 0 Å². The van der Waals surface area contributed by atoms with Gasteiger partial charge in [0, 0.05) is 55.0 Å². The highest BCUT2D eigenvalue weighted by atomic mass is 32.2. The van der Waals surface area contributed by atoms with E-state index >= 15 is 0 Å². The van der Waals surface area contributed by atoms with E-state index in [1.165, 1.54) is 11.5 Å². The van der Waals surface area contributed by atoms with Crippen molar-refractivity contribution in [2.75, 3.05) is 50.0 Å². The Bertz CT molecular complexity index is 476. The summed E-state index contributed by atoms with van der Waals surface area (Å²) >= 11 is 1.99. The number of nitrogens with one attached hydrogen (secondary N) is 1. The maximum absolute atomic E-state index is 12.2. The summed E-state index contributed by atoms with van der Waals surface area (Å²) in [6.07, 6.45) is 0. The Balaban J connectivity index is 1.84. The quantitative estimate of drug-likeness (QED) is 0.779. The Morgan fingerprint density at radius 1 is 1.38 bits per heavy atom. The fraction of sp³-hybridized carbons (Fsp3) is 0.533. The zero-order chi connectivity index (χ0) is 15.1. The first-order valence-corrected chi connectivity index (χ1v) is 8.46. The third-order valence-corrected chi connectivity index (χ3v) is 4.26. The summed E-state index contributed by atoms with van der Waals surface area (Å²) in [4.78, 5) is 14.5. The van der Waals surface area contributed by atoms with Crippen molar-refractivity contribution in [3.05, 3.63) is 23.8 Å². The molecule has 5 nitrogen and oxygen atoms in total. The van der Waals surface area contributed by atoms with Gasteiger partial charge in [-0.25, -0.2) is 0 Å². The first-order chi connectivity index (χ1) is 10.2. The fourth-order valence-electron chi connectivity index (χ4n) is 2.26. The fourth-order valence-corrected chi connectivity index (χ4v) is 3.24. The van der Waals surface area contributed by atoms with E-state index in [1.807, 2.05) is 18.7 Å². The van der Waals surface area contributed by atoms with Crippen LogP contribution in [0.2, 0.25) is 0 Å². The average molecular weight is 309 g/mol. The molecule has 21 heavy (non-hydrogen) atoms. The van der Waals surface area contributed by atoms with E-state index in [0.29, 0.717) is 30.2 Å². The lowest BCUT2D eigenvalue weighted by molar-refractivity contribution is 0.0948. The molecular formula is C15H23N3O2S. The number of carbonyl (C=O) groups is 1. The molecule has 2 rings (SSSR count). The number of nitrogens with two attached hydrogens (primary N) is 1. The van der Waals surface area contributed by atoms with Crippen molar-refractivity contribution >= 4 is 23.4 Å². The maximum atomic E-state index is 12.2. The second kappa shape index (κ2) is 8.14. The summed E-state index contributed by atoms with van der Waals surface area (Å²) in [7, 11) is 0. The van der Waals surface area contributed by atoms with Crippen LogP contribution in [0.25, 0.3) is 0 Å². The van der Waals surface area contributed by atoms with Gasteiger partial charge in [0.1, 0.15) is 5.75 Å². The minimum Gasteiger partial charge on any atom is -0.494 e. The summed E-state index contributed by atoms with van der Waals surface area (Å²) in [5, 5.41) is 2.94. The lowest BCUT2D eigenvalue weighted by Gasteiger charge is -2.26. The van der Waals surface area contributed by atoms with Gasteiger partial charge in [-0.15, -0.1) is 0 Å². The first kappa shape index (κ1) is 16.0. The first-order valence-electron chi connectivity index (χ1n) is 7.30. The van der Waals surface area contributed by atoms with Gasteiger partial charge in [0.05, 0.1) is 6.61 Å². The molecule has 1 heterocycles. The van der Waals surface area contributed by atoms with E-state index in [0.717, 1.165) is 19.6 Å². The predicted molar refractivity (Wildman–Crippen MR) is 88.1 cm³/mol. The molecule has 0 atom stereocenters. The Morgan fingerprint density at radius 2 is 2.14 bits per heavy atom. The highest BCUT2D eigenvalue weighted by molar-refractivity contribution is 7.99. The van der Waals surface area contributed by atoms with Gasteiger partial charge in [0.25, 0.3) is 5.91 Å². The topological polar surface area (TPSA) is 67.6 Å². The van der Waals surface area contributed by atoms with E-state index in [-0.39, 0.29) is 5.91 Å². The van der Waals surface area contributed by atoms with Crippen LogP contribution in [0.3, 0.4) is 0 Å². The summed E-state index contributed by atoms with van der Waals surface area (Å²) in [5.74, 6) is 2.90. The van der Waals surface area contributed by atoms with Crippen LogP contribution in [-0.4, -0.2) is 55.1 Å². The minimum atomic E-state index is -0.102. The molecule has 0 aliphatic carbocycles. The lowest BCUT2D eigenvalue weighted by atomic mass is 10.1. The zero-order valence-corrected chi connectivity index (χ0v) is 13.2. The number of nitrogens with zero attached hydrogens (tertiary/aromatic N) is 1. The van der Waals surface area contributed by atoms with Crippen LogP contribution in [-0.2, 0) is 0 Å². The molecule has 1 aliphatic heterocycles. The molecule has 0 aromatic heterocycles. The van der Waals surface area contributed by atoms with Crippen LogP contribution in [0.4, 0.5) is 5.69 Å². The Kier molecular flexibility index (Phi) is 6.20. The Morgan fingerprint density at radius 3 is 2.86 bits per heavy atom. The molecule has 0 saturated carbocycles. The molecule has 6 heteroatoms. The van der Waals surface area contributed by atoms with E-state index in [4.69, 9.17) is 10.5 Å². The number of carbonyl (C=O) groups excluding carboxylic acids is 1. The van der Waals surface area contributed by atoms with Crippen molar-refractivity contribution in [1.29, 1.82) is 0 Å². The van der Waals surface area contributed by atoms with Crippen molar-refractivity contribution in [2.24, 2.45) is 0 Å². The molecule has 1 fully saturated rings. The Labute approximate surface area is 130 Å². The number of hydrogen-bond acceptors (Lipinski definition) is 5.